The minimum absolute atomic E-state index is 0.744. The first kappa shape index (κ1) is 7.21. The van der Waals surface area contributed by atoms with Crippen LogP contribution in [0.3, 0.4) is 0 Å². The first-order valence-electron chi connectivity index (χ1n) is 3.20. The Morgan fingerprint density at radius 1 is 1.60 bits per heavy atom. The van der Waals surface area contributed by atoms with Crippen LogP contribution in [0.4, 0.5) is 0 Å². The van der Waals surface area contributed by atoms with Gasteiger partial charge in [0.25, 0.3) is 0 Å². The molecule has 0 amide bonds. The van der Waals surface area contributed by atoms with Gasteiger partial charge in [-0.3, -0.25) is 4.90 Å². The topological polar surface area (TPSA) is 34.0 Å². The molecule has 4 nitrogen and oxygen atoms in total. The van der Waals surface area contributed by atoms with Crippen LogP contribution in [0, 0.1) is 6.92 Å². The van der Waals surface area contributed by atoms with Crippen molar-refractivity contribution in [3.05, 3.63) is 11.9 Å². The molecular formula is C6H12N4. The third-order valence-corrected chi connectivity index (χ3v) is 1.06. The molecule has 0 aromatic carbocycles. The summed E-state index contributed by atoms with van der Waals surface area (Å²) in [6.45, 7) is 2.67. The van der Waals surface area contributed by atoms with Gasteiger partial charge < -0.3 is 0 Å². The highest BCUT2D eigenvalue weighted by Crippen LogP contribution is 1.87. The highest BCUT2D eigenvalue weighted by Gasteiger charge is 1.94. The van der Waals surface area contributed by atoms with E-state index in [0.29, 0.717) is 0 Å². The molecule has 1 heterocycles. The third kappa shape index (κ3) is 1.80. The van der Waals surface area contributed by atoms with E-state index in [4.69, 9.17) is 0 Å². The Labute approximate surface area is 60.4 Å². The molecule has 0 aliphatic rings. The molecule has 0 saturated carbocycles. The summed E-state index contributed by atoms with van der Waals surface area (Å²) in [4.78, 5) is 3.68. The Hall–Kier alpha value is -0.900. The van der Waals surface area contributed by atoms with Gasteiger partial charge in [0, 0.05) is 0 Å². The normalized spacial score (nSPS) is 10.8. The summed E-state index contributed by atoms with van der Waals surface area (Å²) >= 11 is 0. The Balaban J connectivity index is 2.58. The fourth-order valence-corrected chi connectivity index (χ4v) is 0.705. The molecule has 4 heteroatoms. The SMILES string of the molecule is Cc1cnn(CN(C)C)n1. The average Bonchev–Trinajstić information content (AvgIpc) is 2.13. The molecule has 1 rings (SSSR count). The molecule has 0 saturated heterocycles. The van der Waals surface area contributed by atoms with E-state index in [2.05, 4.69) is 10.2 Å². The maximum absolute atomic E-state index is 4.11. The van der Waals surface area contributed by atoms with Gasteiger partial charge in [-0.25, -0.2) is 0 Å². The lowest BCUT2D eigenvalue weighted by molar-refractivity contribution is 0.283. The molecule has 1 aromatic rings. The molecule has 0 atom stereocenters. The Morgan fingerprint density at radius 2 is 2.30 bits per heavy atom. The monoisotopic (exact) mass is 140 g/mol. The molecule has 0 spiro atoms. The zero-order valence-electron chi connectivity index (χ0n) is 6.57. The largest absolute Gasteiger partial charge is 0.289 e. The van der Waals surface area contributed by atoms with E-state index in [9.17, 15) is 0 Å². The van der Waals surface area contributed by atoms with Crippen LogP contribution >= 0.6 is 0 Å². The van der Waals surface area contributed by atoms with E-state index in [0.717, 1.165) is 12.4 Å². The summed E-state index contributed by atoms with van der Waals surface area (Å²) in [6, 6.07) is 0. The summed E-state index contributed by atoms with van der Waals surface area (Å²) in [5.41, 5.74) is 0.960. The zero-order valence-corrected chi connectivity index (χ0v) is 6.57. The van der Waals surface area contributed by atoms with Crippen molar-refractivity contribution in [2.75, 3.05) is 14.1 Å². The van der Waals surface area contributed by atoms with E-state index in [-0.39, 0.29) is 0 Å². The van der Waals surface area contributed by atoms with Crippen LogP contribution < -0.4 is 0 Å². The van der Waals surface area contributed by atoms with Crippen molar-refractivity contribution in [2.45, 2.75) is 13.6 Å². The van der Waals surface area contributed by atoms with E-state index in [1.54, 1.807) is 11.0 Å². The number of hydrogen-bond donors (Lipinski definition) is 0. The summed E-state index contributed by atoms with van der Waals surface area (Å²) in [7, 11) is 3.97. The zero-order chi connectivity index (χ0) is 7.56. The van der Waals surface area contributed by atoms with Gasteiger partial charge in [0.2, 0.25) is 0 Å². The van der Waals surface area contributed by atoms with E-state index < -0.39 is 0 Å². The Morgan fingerprint density at radius 3 is 2.70 bits per heavy atom. The van der Waals surface area contributed by atoms with Crippen molar-refractivity contribution in [3.8, 4) is 0 Å². The molecule has 0 fully saturated rings. The van der Waals surface area contributed by atoms with E-state index in [1.807, 2.05) is 25.9 Å². The van der Waals surface area contributed by atoms with E-state index in [1.165, 1.54) is 0 Å². The first-order chi connectivity index (χ1) is 4.68. The van der Waals surface area contributed by atoms with Gasteiger partial charge in [0.15, 0.2) is 0 Å². The predicted octanol–water partition coefficient (Wildman–Crippen LogP) is 0.106. The van der Waals surface area contributed by atoms with Gasteiger partial charge in [-0.1, -0.05) is 0 Å². The minimum atomic E-state index is 0.744. The van der Waals surface area contributed by atoms with Gasteiger partial charge in [0.1, 0.15) is 6.67 Å². The molecule has 0 N–H and O–H groups in total. The first-order valence-corrected chi connectivity index (χ1v) is 3.20. The number of nitrogens with zero attached hydrogens (tertiary/aromatic N) is 4. The Bertz CT molecular complexity index is 203. The van der Waals surface area contributed by atoms with Gasteiger partial charge in [-0.2, -0.15) is 15.0 Å². The average molecular weight is 140 g/mol. The lowest BCUT2D eigenvalue weighted by Crippen LogP contribution is -2.18. The van der Waals surface area contributed by atoms with Crippen molar-refractivity contribution in [1.29, 1.82) is 0 Å². The van der Waals surface area contributed by atoms with Gasteiger partial charge in [-0.15, -0.1) is 0 Å². The second-order valence-corrected chi connectivity index (χ2v) is 2.58. The maximum Gasteiger partial charge on any atom is 0.112 e. The summed E-state index contributed by atoms with van der Waals surface area (Å²) in [5.74, 6) is 0. The highest BCUT2D eigenvalue weighted by atomic mass is 15.5. The predicted molar refractivity (Wildman–Crippen MR) is 38.4 cm³/mol. The lowest BCUT2D eigenvalue weighted by Gasteiger charge is -2.06. The standard InChI is InChI=1S/C6H12N4/c1-6-4-7-10(8-6)5-9(2)3/h4H,5H2,1-3H3. The summed E-state index contributed by atoms with van der Waals surface area (Å²) in [6.07, 6.45) is 1.75. The molecule has 10 heavy (non-hydrogen) atoms. The third-order valence-electron chi connectivity index (χ3n) is 1.06. The highest BCUT2D eigenvalue weighted by molar-refractivity contribution is 4.84. The number of hydrogen-bond acceptors (Lipinski definition) is 3. The number of aryl methyl sites for hydroxylation is 1. The second kappa shape index (κ2) is 2.79. The molecule has 0 radical (unpaired) electrons. The van der Waals surface area contributed by atoms with Crippen molar-refractivity contribution < 1.29 is 0 Å². The molecule has 0 bridgehead atoms. The smallest absolute Gasteiger partial charge is 0.112 e. The lowest BCUT2D eigenvalue weighted by atomic mass is 10.6. The van der Waals surface area contributed by atoms with Crippen molar-refractivity contribution in [1.82, 2.24) is 19.9 Å². The van der Waals surface area contributed by atoms with Crippen LogP contribution in [-0.4, -0.2) is 34.0 Å². The molecule has 56 valence electrons. The van der Waals surface area contributed by atoms with Crippen LogP contribution in [0.5, 0.6) is 0 Å². The van der Waals surface area contributed by atoms with Crippen molar-refractivity contribution in [3.63, 3.8) is 0 Å². The summed E-state index contributed by atoms with van der Waals surface area (Å²) < 4.78 is 0. The quantitative estimate of drug-likeness (QED) is 0.584. The number of rotatable bonds is 2. The van der Waals surface area contributed by atoms with Gasteiger partial charge in [0.05, 0.1) is 11.9 Å². The molecule has 0 unspecified atom stereocenters. The van der Waals surface area contributed by atoms with Crippen LogP contribution in [0.25, 0.3) is 0 Å². The molecule has 0 aliphatic heterocycles. The van der Waals surface area contributed by atoms with Gasteiger partial charge in [-0.05, 0) is 21.0 Å². The fraction of sp³-hybridized carbons (Fsp3) is 0.667. The molecular weight excluding hydrogens is 128 g/mol. The van der Waals surface area contributed by atoms with E-state index >= 15 is 0 Å². The van der Waals surface area contributed by atoms with Crippen molar-refractivity contribution >= 4 is 0 Å². The summed E-state index contributed by atoms with van der Waals surface area (Å²) in [5, 5.41) is 8.13. The van der Waals surface area contributed by atoms with Crippen LogP contribution in [-0.2, 0) is 6.67 Å². The molecule has 1 aromatic heterocycles. The Kier molecular flexibility index (Phi) is 2.01. The molecule has 0 aliphatic carbocycles. The maximum atomic E-state index is 4.11. The van der Waals surface area contributed by atoms with Crippen LogP contribution in [0.15, 0.2) is 6.20 Å². The number of aromatic nitrogens is 3. The minimum Gasteiger partial charge on any atom is -0.289 e. The second-order valence-electron chi connectivity index (χ2n) is 2.58. The van der Waals surface area contributed by atoms with Crippen LogP contribution in [0.1, 0.15) is 5.69 Å². The van der Waals surface area contributed by atoms with Crippen LogP contribution in [0.2, 0.25) is 0 Å². The fourth-order valence-electron chi connectivity index (χ4n) is 0.705. The van der Waals surface area contributed by atoms with Gasteiger partial charge >= 0.3 is 0 Å². The van der Waals surface area contributed by atoms with Crippen molar-refractivity contribution in [2.24, 2.45) is 0 Å².